The molecule has 0 aromatic carbocycles. The van der Waals surface area contributed by atoms with E-state index in [2.05, 4.69) is 38.5 Å². The zero-order valence-corrected chi connectivity index (χ0v) is 15.2. The predicted molar refractivity (Wildman–Crippen MR) is 95.4 cm³/mol. The molecule has 3 atom stereocenters. The van der Waals surface area contributed by atoms with Gasteiger partial charge in [-0.15, -0.1) is 0 Å². The number of hydrogen-bond acceptors (Lipinski definition) is 5. The van der Waals surface area contributed by atoms with Gasteiger partial charge in [0.15, 0.2) is 0 Å². The Kier molecular flexibility index (Phi) is 4.78. The van der Waals surface area contributed by atoms with Crippen LogP contribution in [0.3, 0.4) is 0 Å². The molecule has 3 rings (SSSR count). The molecule has 0 saturated heterocycles. The van der Waals surface area contributed by atoms with E-state index in [9.17, 15) is 8.42 Å². The Balaban J connectivity index is 1.73. The first-order valence-corrected chi connectivity index (χ1v) is 9.98. The summed E-state index contributed by atoms with van der Waals surface area (Å²) < 4.78 is 26.0. The first kappa shape index (κ1) is 17.2. The van der Waals surface area contributed by atoms with E-state index in [4.69, 9.17) is 0 Å². The zero-order chi connectivity index (χ0) is 17.3. The van der Waals surface area contributed by atoms with Crippen molar-refractivity contribution in [3.05, 3.63) is 18.6 Å². The first-order valence-electron chi connectivity index (χ1n) is 8.33. The average Bonchev–Trinajstić information content (AvgIpc) is 3.02. The average molecular weight is 351 g/mol. The van der Waals surface area contributed by atoms with Crippen LogP contribution in [0, 0.1) is 11.8 Å². The summed E-state index contributed by atoms with van der Waals surface area (Å²) in [5, 5.41) is 1.02. The van der Waals surface area contributed by atoms with Crippen LogP contribution in [-0.2, 0) is 10.0 Å². The third kappa shape index (κ3) is 3.39. The molecular weight excluding hydrogens is 326 g/mol. The van der Waals surface area contributed by atoms with Crippen molar-refractivity contribution in [3.8, 4) is 0 Å². The molecule has 8 heteroatoms. The molecule has 2 aromatic rings. The Morgan fingerprint density at radius 2 is 2.17 bits per heavy atom. The molecule has 1 aliphatic carbocycles. The van der Waals surface area contributed by atoms with Crippen LogP contribution in [-0.4, -0.2) is 49.3 Å². The minimum atomic E-state index is -3.14. The number of nitrogens with one attached hydrogen (secondary N) is 2. The zero-order valence-electron chi connectivity index (χ0n) is 14.4. The lowest BCUT2D eigenvalue weighted by Crippen LogP contribution is -2.43. The number of H-pyrrole nitrogens is 1. The second-order valence-electron chi connectivity index (χ2n) is 6.76. The summed E-state index contributed by atoms with van der Waals surface area (Å²) in [4.78, 5) is 14.1. The normalized spacial score (nSPS) is 25.0. The van der Waals surface area contributed by atoms with Gasteiger partial charge in [-0.2, -0.15) is 0 Å². The summed E-state index contributed by atoms with van der Waals surface area (Å²) in [6.45, 7) is 2.20. The second-order valence-corrected chi connectivity index (χ2v) is 8.73. The minimum Gasteiger partial charge on any atom is -0.356 e. The maximum atomic E-state index is 11.8. The molecule has 2 N–H and O–H groups in total. The molecule has 0 bridgehead atoms. The molecule has 2 heterocycles. The van der Waals surface area contributed by atoms with E-state index < -0.39 is 10.0 Å². The van der Waals surface area contributed by atoms with Crippen LogP contribution < -0.4 is 9.62 Å². The maximum absolute atomic E-state index is 11.8. The lowest BCUT2D eigenvalue weighted by molar-refractivity contribution is 0.258. The highest BCUT2D eigenvalue weighted by Crippen LogP contribution is 2.35. The summed E-state index contributed by atoms with van der Waals surface area (Å²) in [5.41, 5.74) is 0.841. The largest absolute Gasteiger partial charge is 0.356 e. The van der Waals surface area contributed by atoms with E-state index >= 15 is 0 Å². The molecular formula is C16H25N5O2S. The van der Waals surface area contributed by atoms with Crippen LogP contribution in [0.25, 0.3) is 11.0 Å². The quantitative estimate of drug-likeness (QED) is 0.856. The van der Waals surface area contributed by atoms with Gasteiger partial charge in [0.2, 0.25) is 10.0 Å². The molecule has 7 nitrogen and oxygen atoms in total. The van der Waals surface area contributed by atoms with Gasteiger partial charge in [0, 0.05) is 19.3 Å². The minimum absolute atomic E-state index is 0.222. The fourth-order valence-corrected chi connectivity index (χ4v) is 5.00. The highest BCUT2D eigenvalue weighted by molar-refractivity contribution is 7.89. The molecule has 1 aliphatic rings. The topological polar surface area (TPSA) is 91.0 Å². The van der Waals surface area contributed by atoms with Gasteiger partial charge in [0.05, 0.1) is 11.1 Å². The van der Waals surface area contributed by atoms with Gasteiger partial charge in [0.25, 0.3) is 0 Å². The van der Waals surface area contributed by atoms with Crippen LogP contribution in [0.2, 0.25) is 0 Å². The Morgan fingerprint density at radius 1 is 1.38 bits per heavy atom. The van der Waals surface area contributed by atoms with Crippen molar-refractivity contribution in [2.75, 3.05) is 24.7 Å². The number of aromatic amines is 1. The molecule has 1 fully saturated rings. The van der Waals surface area contributed by atoms with Gasteiger partial charge < -0.3 is 9.88 Å². The smallest absolute Gasteiger partial charge is 0.211 e. The van der Waals surface area contributed by atoms with Crippen molar-refractivity contribution in [3.63, 3.8) is 0 Å². The lowest BCUT2D eigenvalue weighted by atomic mass is 9.79. The van der Waals surface area contributed by atoms with Crippen LogP contribution in [0.1, 0.15) is 26.2 Å². The molecule has 0 spiro atoms. The number of aromatic nitrogens is 3. The third-order valence-electron chi connectivity index (χ3n) is 5.16. The monoisotopic (exact) mass is 351 g/mol. The van der Waals surface area contributed by atoms with Crippen molar-refractivity contribution in [1.29, 1.82) is 0 Å². The van der Waals surface area contributed by atoms with Gasteiger partial charge in [-0.3, -0.25) is 0 Å². The van der Waals surface area contributed by atoms with Crippen LogP contribution in [0.4, 0.5) is 5.82 Å². The van der Waals surface area contributed by atoms with E-state index in [1.54, 1.807) is 6.33 Å². The van der Waals surface area contributed by atoms with Crippen molar-refractivity contribution in [1.82, 2.24) is 19.7 Å². The van der Waals surface area contributed by atoms with E-state index in [1.807, 2.05) is 12.3 Å². The number of rotatable bonds is 5. The van der Waals surface area contributed by atoms with Crippen molar-refractivity contribution >= 4 is 26.9 Å². The fraction of sp³-hybridized carbons (Fsp3) is 0.625. The van der Waals surface area contributed by atoms with Crippen LogP contribution in [0.15, 0.2) is 18.6 Å². The summed E-state index contributed by atoms with van der Waals surface area (Å²) >= 11 is 0. The van der Waals surface area contributed by atoms with E-state index in [0.717, 1.165) is 36.1 Å². The van der Waals surface area contributed by atoms with Gasteiger partial charge >= 0.3 is 0 Å². The van der Waals surface area contributed by atoms with Crippen LogP contribution in [0.5, 0.6) is 0 Å². The highest BCUT2D eigenvalue weighted by atomic mass is 32.2. The molecule has 0 amide bonds. The van der Waals surface area contributed by atoms with Gasteiger partial charge in [0.1, 0.15) is 17.8 Å². The number of anilines is 1. The molecule has 24 heavy (non-hydrogen) atoms. The van der Waals surface area contributed by atoms with Gasteiger partial charge in [-0.25, -0.2) is 23.1 Å². The first-order chi connectivity index (χ1) is 11.4. The van der Waals surface area contributed by atoms with Crippen molar-refractivity contribution in [2.45, 2.75) is 32.2 Å². The van der Waals surface area contributed by atoms with Gasteiger partial charge in [-0.1, -0.05) is 6.92 Å². The second kappa shape index (κ2) is 6.68. The van der Waals surface area contributed by atoms with Gasteiger partial charge in [-0.05, 0) is 44.2 Å². The summed E-state index contributed by atoms with van der Waals surface area (Å²) in [6.07, 6.45) is 6.26. The molecule has 132 valence electrons. The SMILES string of the molecule is CNS(=O)(=O)CC1CCC(N(C)c2ncnc3[nH]ccc23)C(C)C1. The number of hydrogen-bond donors (Lipinski definition) is 2. The Bertz CT molecular complexity index is 804. The number of nitrogens with zero attached hydrogens (tertiary/aromatic N) is 3. The summed E-state index contributed by atoms with van der Waals surface area (Å²) in [5.74, 6) is 1.78. The molecule has 0 radical (unpaired) electrons. The lowest BCUT2D eigenvalue weighted by Gasteiger charge is -2.40. The van der Waals surface area contributed by atoms with Crippen LogP contribution >= 0.6 is 0 Å². The maximum Gasteiger partial charge on any atom is 0.211 e. The standard InChI is InChI=1S/C16H25N5O2S/c1-11-8-12(9-24(22,23)17-2)4-5-14(11)21(3)16-13-6-7-18-15(13)19-10-20-16/h6-7,10-12,14,17H,4-5,8-9H2,1-3H3,(H,18,19,20). The van der Waals surface area contributed by atoms with Crippen molar-refractivity contribution in [2.24, 2.45) is 11.8 Å². The fourth-order valence-electron chi connectivity index (χ4n) is 3.91. The van der Waals surface area contributed by atoms with E-state index in [-0.39, 0.29) is 11.7 Å². The molecule has 0 aliphatic heterocycles. The van der Waals surface area contributed by atoms with E-state index in [1.165, 1.54) is 7.05 Å². The summed E-state index contributed by atoms with van der Waals surface area (Å²) in [6, 6.07) is 2.35. The molecule has 1 saturated carbocycles. The van der Waals surface area contributed by atoms with E-state index in [0.29, 0.717) is 12.0 Å². The Morgan fingerprint density at radius 3 is 2.88 bits per heavy atom. The predicted octanol–water partition coefficient (Wildman–Crippen LogP) is 1.75. The summed E-state index contributed by atoms with van der Waals surface area (Å²) in [7, 11) is 0.410. The number of sulfonamides is 1. The number of fused-ring (bicyclic) bond motifs is 1. The van der Waals surface area contributed by atoms with Crippen molar-refractivity contribution < 1.29 is 8.42 Å². The Labute approximate surface area is 142 Å². The highest BCUT2D eigenvalue weighted by Gasteiger charge is 2.33. The molecule has 2 aromatic heterocycles. The Hall–Kier alpha value is -1.67. The third-order valence-corrected chi connectivity index (χ3v) is 6.70. The molecule has 3 unspecified atom stereocenters.